The molecular weight excluding hydrogens is 148 g/mol. The van der Waals surface area contributed by atoms with Crippen LogP contribution in [0.2, 0.25) is 0 Å². The third-order valence-corrected chi connectivity index (χ3v) is 1.25. The van der Waals surface area contributed by atoms with Crippen molar-refractivity contribution in [2.45, 2.75) is 6.92 Å². The summed E-state index contributed by atoms with van der Waals surface area (Å²) in [5.41, 5.74) is 0.458. The van der Waals surface area contributed by atoms with Gasteiger partial charge in [-0.1, -0.05) is 0 Å². The Labute approximate surface area is 62.4 Å². The number of carbonyl (C=O) groups excluding carboxylic acids is 1. The molecule has 0 aliphatic carbocycles. The van der Waals surface area contributed by atoms with Gasteiger partial charge in [0.15, 0.2) is 12.0 Å². The van der Waals surface area contributed by atoms with Gasteiger partial charge in [0, 0.05) is 5.56 Å². The highest BCUT2D eigenvalue weighted by Crippen LogP contribution is 2.12. The normalized spacial score (nSPS) is 9.55. The third-order valence-electron chi connectivity index (χ3n) is 1.25. The summed E-state index contributed by atoms with van der Waals surface area (Å²) in [6.07, 6.45) is 0.472. The molecule has 1 heterocycles. The molecule has 1 N–H and O–H groups in total. The fraction of sp³-hybridized carbons (Fsp3) is 0.143. The molecule has 4 nitrogen and oxygen atoms in total. The lowest BCUT2D eigenvalue weighted by Crippen LogP contribution is -1.94. The van der Waals surface area contributed by atoms with Crippen molar-refractivity contribution in [2.75, 3.05) is 0 Å². The van der Waals surface area contributed by atoms with E-state index in [1.54, 1.807) is 6.92 Å². The first-order valence-corrected chi connectivity index (χ1v) is 2.94. The smallest absolute Gasteiger partial charge is 0.372 e. The highest BCUT2D eigenvalue weighted by Gasteiger charge is 2.13. The second-order valence-electron chi connectivity index (χ2n) is 2.08. The minimum atomic E-state index is -1.16. The van der Waals surface area contributed by atoms with Gasteiger partial charge in [0.05, 0.1) is 0 Å². The summed E-state index contributed by atoms with van der Waals surface area (Å²) in [6.45, 7) is 1.57. The van der Waals surface area contributed by atoms with E-state index in [-0.39, 0.29) is 11.5 Å². The Morgan fingerprint density at radius 3 is 2.64 bits per heavy atom. The number of hydrogen-bond acceptors (Lipinski definition) is 3. The van der Waals surface area contributed by atoms with Gasteiger partial charge in [-0.05, 0) is 13.0 Å². The highest BCUT2D eigenvalue weighted by molar-refractivity contribution is 5.87. The van der Waals surface area contributed by atoms with E-state index in [0.29, 0.717) is 11.8 Å². The largest absolute Gasteiger partial charge is 0.475 e. The number of rotatable bonds is 2. The van der Waals surface area contributed by atoms with Gasteiger partial charge in [0.25, 0.3) is 0 Å². The Morgan fingerprint density at radius 1 is 1.73 bits per heavy atom. The van der Waals surface area contributed by atoms with Crippen molar-refractivity contribution in [1.82, 2.24) is 0 Å². The molecule has 0 radical (unpaired) electrons. The van der Waals surface area contributed by atoms with Crippen LogP contribution < -0.4 is 0 Å². The maximum atomic E-state index is 10.3. The predicted octanol–water partition coefficient (Wildman–Crippen LogP) is 1.10. The maximum absolute atomic E-state index is 10.3. The van der Waals surface area contributed by atoms with Gasteiger partial charge < -0.3 is 9.52 Å². The van der Waals surface area contributed by atoms with E-state index in [1.807, 2.05) is 0 Å². The predicted molar refractivity (Wildman–Crippen MR) is 35.8 cm³/mol. The van der Waals surface area contributed by atoms with E-state index < -0.39 is 5.97 Å². The number of aldehydes is 1. The first-order chi connectivity index (χ1) is 5.15. The molecular formula is C7H6O4. The number of carbonyl (C=O) groups is 2. The average Bonchev–Trinajstić information content (AvgIpc) is 2.30. The molecule has 1 aromatic rings. The van der Waals surface area contributed by atoms with Crippen LogP contribution >= 0.6 is 0 Å². The van der Waals surface area contributed by atoms with Gasteiger partial charge in [-0.25, -0.2) is 4.79 Å². The first kappa shape index (κ1) is 7.53. The summed E-state index contributed by atoms with van der Waals surface area (Å²) in [7, 11) is 0. The van der Waals surface area contributed by atoms with Crippen LogP contribution in [0.3, 0.4) is 0 Å². The third kappa shape index (κ3) is 1.29. The van der Waals surface area contributed by atoms with E-state index in [9.17, 15) is 9.59 Å². The monoisotopic (exact) mass is 154 g/mol. The second-order valence-corrected chi connectivity index (χ2v) is 2.08. The number of carboxylic acids is 1. The number of aryl methyl sites for hydroxylation is 1. The molecule has 58 valence electrons. The van der Waals surface area contributed by atoms with Crippen molar-refractivity contribution < 1.29 is 19.1 Å². The van der Waals surface area contributed by atoms with Crippen LogP contribution in [0.1, 0.15) is 26.7 Å². The molecule has 0 spiro atoms. The average molecular weight is 154 g/mol. The van der Waals surface area contributed by atoms with Crippen molar-refractivity contribution in [3.8, 4) is 0 Å². The molecule has 1 rings (SSSR count). The molecule has 0 fully saturated rings. The highest BCUT2D eigenvalue weighted by atomic mass is 16.4. The molecule has 0 saturated heterocycles. The van der Waals surface area contributed by atoms with Gasteiger partial charge in [-0.2, -0.15) is 0 Å². The molecule has 0 aliphatic rings. The Balaban J connectivity index is 3.16. The van der Waals surface area contributed by atoms with Gasteiger partial charge in [0.1, 0.15) is 0 Å². The molecule has 0 aliphatic heterocycles. The van der Waals surface area contributed by atoms with Crippen LogP contribution in [0.4, 0.5) is 0 Å². The van der Waals surface area contributed by atoms with E-state index in [1.165, 1.54) is 6.07 Å². The number of furan rings is 1. The number of carboxylic acid groups (broad SMARTS) is 1. The summed E-state index contributed by atoms with van der Waals surface area (Å²) in [4.78, 5) is 20.4. The Kier molecular flexibility index (Phi) is 1.76. The molecule has 0 amide bonds. The quantitative estimate of drug-likeness (QED) is 0.647. The minimum Gasteiger partial charge on any atom is -0.475 e. The Bertz CT molecular complexity index is 297. The van der Waals surface area contributed by atoms with E-state index in [4.69, 9.17) is 5.11 Å². The van der Waals surface area contributed by atoms with Gasteiger partial charge in [-0.15, -0.1) is 0 Å². The molecule has 0 saturated carbocycles. The number of aromatic carboxylic acids is 1. The SMILES string of the molecule is Cc1cc(C=O)oc1C(=O)O. The van der Waals surface area contributed by atoms with Crippen molar-refractivity contribution in [2.24, 2.45) is 0 Å². The molecule has 0 atom stereocenters. The molecule has 0 bridgehead atoms. The standard InChI is InChI=1S/C7H6O4/c1-4-2-5(3-8)11-6(4)7(9)10/h2-3H,1H3,(H,9,10). The summed E-state index contributed by atoms with van der Waals surface area (Å²) < 4.78 is 4.66. The van der Waals surface area contributed by atoms with E-state index in [0.717, 1.165) is 0 Å². The summed E-state index contributed by atoms with van der Waals surface area (Å²) in [5, 5.41) is 8.46. The lowest BCUT2D eigenvalue weighted by molar-refractivity contribution is 0.0660. The van der Waals surface area contributed by atoms with Crippen molar-refractivity contribution >= 4 is 12.3 Å². The van der Waals surface area contributed by atoms with Gasteiger partial charge in [0.2, 0.25) is 5.76 Å². The maximum Gasteiger partial charge on any atom is 0.372 e. The lowest BCUT2D eigenvalue weighted by Gasteiger charge is -1.85. The van der Waals surface area contributed by atoms with Crippen LogP contribution in [0.5, 0.6) is 0 Å². The van der Waals surface area contributed by atoms with Crippen LogP contribution in [-0.2, 0) is 0 Å². The second kappa shape index (κ2) is 2.57. The topological polar surface area (TPSA) is 67.5 Å². The zero-order valence-corrected chi connectivity index (χ0v) is 5.83. The van der Waals surface area contributed by atoms with Crippen molar-refractivity contribution in [3.63, 3.8) is 0 Å². The molecule has 11 heavy (non-hydrogen) atoms. The minimum absolute atomic E-state index is 0.0416. The number of hydrogen-bond donors (Lipinski definition) is 1. The van der Waals surface area contributed by atoms with Crippen LogP contribution in [0, 0.1) is 6.92 Å². The van der Waals surface area contributed by atoms with Crippen molar-refractivity contribution in [3.05, 3.63) is 23.2 Å². The van der Waals surface area contributed by atoms with Gasteiger partial charge in [-0.3, -0.25) is 4.79 Å². The van der Waals surface area contributed by atoms with Crippen LogP contribution in [0.15, 0.2) is 10.5 Å². The Hall–Kier alpha value is -1.58. The Morgan fingerprint density at radius 2 is 2.36 bits per heavy atom. The molecule has 4 heteroatoms. The van der Waals surface area contributed by atoms with E-state index in [2.05, 4.69) is 4.42 Å². The van der Waals surface area contributed by atoms with Gasteiger partial charge >= 0.3 is 5.97 Å². The lowest BCUT2D eigenvalue weighted by atomic mass is 10.3. The summed E-state index contributed by atoms with van der Waals surface area (Å²) in [6, 6.07) is 1.39. The molecule has 0 aromatic carbocycles. The fourth-order valence-electron chi connectivity index (χ4n) is 0.777. The van der Waals surface area contributed by atoms with E-state index >= 15 is 0 Å². The van der Waals surface area contributed by atoms with Crippen LogP contribution in [-0.4, -0.2) is 17.4 Å². The first-order valence-electron chi connectivity index (χ1n) is 2.94. The molecule has 1 aromatic heterocycles. The molecule has 0 unspecified atom stereocenters. The van der Waals surface area contributed by atoms with Crippen LogP contribution in [0.25, 0.3) is 0 Å². The summed E-state index contributed by atoms with van der Waals surface area (Å²) >= 11 is 0. The zero-order chi connectivity index (χ0) is 8.43. The fourth-order valence-corrected chi connectivity index (χ4v) is 0.777. The zero-order valence-electron chi connectivity index (χ0n) is 5.83. The summed E-state index contributed by atoms with van der Waals surface area (Å²) in [5.74, 6) is -1.29. The van der Waals surface area contributed by atoms with Crippen molar-refractivity contribution in [1.29, 1.82) is 0 Å².